The van der Waals surface area contributed by atoms with E-state index in [1.54, 1.807) is 24.4 Å². The number of nitrogens with one attached hydrogen (secondary N) is 1. The Bertz CT molecular complexity index is 776. The number of halogens is 1. The van der Waals surface area contributed by atoms with Crippen LogP contribution in [0.3, 0.4) is 0 Å². The van der Waals surface area contributed by atoms with E-state index >= 15 is 0 Å². The van der Waals surface area contributed by atoms with Gasteiger partial charge in [-0.2, -0.15) is 5.10 Å². The van der Waals surface area contributed by atoms with Crippen molar-refractivity contribution in [3.63, 3.8) is 0 Å². The second kappa shape index (κ2) is 8.60. The highest BCUT2D eigenvalue weighted by Gasteiger charge is 2.23. The second-order valence-corrected chi connectivity index (χ2v) is 7.80. The normalized spacial score (nSPS) is 18.2. The van der Waals surface area contributed by atoms with Crippen molar-refractivity contribution in [3.8, 4) is 0 Å². The minimum absolute atomic E-state index is 0.0802. The van der Waals surface area contributed by atoms with E-state index in [4.69, 9.17) is 11.6 Å². The number of rotatable bonds is 6. The van der Waals surface area contributed by atoms with Crippen LogP contribution in [0.15, 0.2) is 35.3 Å². The first-order valence-corrected chi connectivity index (χ1v) is 9.62. The summed E-state index contributed by atoms with van der Waals surface area (Å²) in [5, 5.41) is 7.11. The van der Waals surface area contributed by atoms with Crippen molar-refractivity contribution < 1.29 is 4.79 Å². The number of thiophene rings is 1. The summed E-state index contributed by atoms with van der Waals surface area (Å²) in [4.78, 5) is 26.9. The van der Waals surface area contributed by atoms with Gasteiger partial charge < -0.3 is 5.32 Å². The number of carbonyl (C=O) groups is 1. The summed E-state index contributed by atoms with van der Waals surface area (Å²) < 4.78 is 2.10. The van der Waals surface area contributed by atoms with Gasteiger partial charge in [-0.1, -0.05) is 18.0 Å². The maximum Gasteiger partial charge on any atom is 0.266 e. The van der Waals surface area contributed by atoms with Gasteiger partial charge in [-0.25, -0.2) is 4.68 Å². The van der Waals surface area contributed by atoms with Gasteiger partial charge >= 0.3 is 0 Å². The number of amides is 1. The lowest BCUT2D eigenvalue weighted by Gasteiger charge is -2.35. The molecule has 0 aromatic carbocycles. The van der Waals surface area contributed by atoms with Gasteiger partial charge in [0, 0.05) is 31.4 Å². The topological polar surface area (TPSA) is 67.2 Å². The molecule has 25 heavy (non-hydrogen) atoms. The molecule has 1 unspecified atom stereocenters. The van der Waals surface area contributed by atoms with Gasteiger partial charge in [0.25, 0.3) is 11.5 Å². The van der Waals surface area contributed by atoms with Gasteiger partial charge in [0.15, 0.2) is 0 Å². The van der Waals surface area contributed by atoms with Crippen molar-refractivity contribution in [2.45, 2.75) is 31.8 Å². The predicted octanol–water partition coefficient (Wildman–Crippen LogP) is 2.24. The molecule has 0 bridgehead atoms. The zero-order valence-electron chi connectivity index (χ0n) is 13.9. The van der Waals surface area contributed by atoms with Crippen LogP contribution in [-0.4, -0.2) is 46.3 Å². The van der Waals surface area contributed by atoms with Crippen molar-refractivity contribution in [3.05, 3.63) is 50.0 Å². The van der Waals surface area contributed by atoms with Gasteiger partial charge in [-0.05, 0) is 37.6 Å². The molecule has 0 spiro atoms. The minimum Gasteiger partial charge on any atom is -0.350 e. The third-order valence-corrected chi connectivity index (χ3v) is 5.66. The zero-order valence-corrected chi connectivity index (χ0v) is 15.4. The minimum atomic E-state index is -0.0843. The maximum absolute atomic E-state index is 12.2. The molecule has 134 valence electrons. The molecule has 1 N–H and O–H groups in total. The van der Waals surface area contributed by atoms with Crippen LogP contribution < -0.4 is 10.9 Å². The SMILES string of the molecule is O=C(NCC1CCCCN1CCn1ncccc1=O)c1ccc(Cl)s1. The fraction of sp³-hybridized carbons (Fsp3) is 0.471. The molecule has 0 radical (unpaired) electrons. The number of hydrogen-bond donors (Lipinski definition) is 1. The second-order valence-electron chi connectivity index (χ2n) is 6.08. The van der Waals surface area contributed by atoms with Crippen molar-refractivity contribution in [2.24, 2.45) is 0 Å². The van der Waals surface area contributed by atoms with E-state index in [1.165, 1.54) is 22.1 Å². The molecule has 3 rings (SSSR count). The van der Waals surface area contributed by atoms with Crippen molar-refractivity contribution in [1.29, 1.82) is 0 Å². The first kappa shape index (κ1) is 18.1. The van der Waals surface area contributed by atoms with E-state index in [9.17, 15) is 9.59 Å². The molecule has 1 amide bonds. The summed E-state index contributed by atoms with van der Waals surface area (Å²) in [5.41, 5.74) is -0.0843. The molecule has 1 atom stereocenters. The van der Waals surface area contributed by atoms with E-state index in [1.807, 2.05) is 0 Å². The molecule has 1 aliphatic rings. The molecule has 1 aliphatic heterocycles. The molecule has 0 saturated carbocycles. The molecule has 0 aliphatic carbocycles. The fourth-order valence-electron chi connectivity index (χ4n) is 3.10. The monoisotopic (exact) mass is 380 g/mol. The Morgan fingerprint density at radius 2 is 2.20 bits per heavy atom. The van der Waals surface area contributed by atoms with E-state index in [2.05, 4.69) is 15.3 Å². The molecular formula is C17H21ClN4O2S. The first-order chi connectivity index (χ1) is 12.1. The van der Waals surface area contributed by atoms with Crippen LogP contribution in [0.1, 0.15) is 28.9 Å². The van der Waals surface area contributed by atoms with E-state index in [0.29, 0.717) is 22.3 Å². The summed E-state index contributed by atoms with van der Waals surface area (Å²) in [6.45, 7) is 2.89. The predicted molar refractivity (Wildman–Crippen MR) is 99.4 cm³/mol. The number of nitrogens with zero attached hydrogens (tertiary/aromatic N) is 3. The quantitative estimate of drug-likeness (QED) is 0.834. The van der Waals surface area contributed by atoms with Crippen LogP contribution >= 0.6 is 22.9 Å². The Kier molecular flexibility index (Phi) is 6.23. The lowest BCUT2D eigenvalue weighted by molar-refractivity contribution is 0.0913. The average molecular weight is 381 g/mol. The van der Waals surface area contributed by atoms with Crippen LogP contribution in [0, 0.1) is 0 Å². The third-order valence-electron chi connectivity index (χ3n) is 4.43. The Labute approximate surface area is 155 Å². The fourth-order valence-corrected chi connectivity index (χ4v) is 4.06. The Morgan fingerprint density at radius 1 is 1.32 bits per heavy atom. The highest BCUT2D eigenvalue weighted by molar-refractivity contribution is 7.17. The molecule has 2 aromatic rings. The van der Waals surface area contributed by atoms with Crippen LogP contribution in [0.25, 0.3) is 0 Å². The summed E-state index contributed by atoms with van der Waals surface area (Å²) >= 11 is 7.17. The van der Waals surface area contributed by atoms with E-state index in [0.717, 1.165) is 32.4 Å². The first-order valence-electron chi connectivity index (χ1n) is 8.43. The van der Waals surface area contributed by atoms with E-state index < -0.39 is 0 Å². The van der Waals surface area contributed by atoms with Crippen LogP contribution in [0.2, 0.25) is 4.34 Å². The Balaban J connectivity index is 1.54. The standard InChI is InChI=1S/C17H21ClN4O2S/c18-15-7-6-14(25-15)17(24)19-12-13-4-1-2-9-21(13)10-11-22-16(23)5-3-8-20-22/h3,5-8,13H,1-2,4,9-12H2,(H,19,24). The summed E-state index contributed by atoms with van der Waals surface area (Å²) in [6.07, 6.45) is 4.97. The van der Waals surface area contributed by atoms with Crippen molar-refractivity contribution in [2.75, 3.05) is 19.6 Å². The van der Waals surface area contributed by atoms with Gasteiger partial charge in [0.2, 0.25) is 0 Å². The smallest absolute Gasteiger partial charge is 0.266 e. The van der Waals surface area contributed by atoms with Gasteiger partial charge in [-0.3, -0.25) is 14.5 Å². The molecular weight excluding hydrogens is 360 g/mol. The lowest BCUT2D eigenvalue weighted by Crippen LogP contribution is -2.48. The largest absolute Gasteiger partial charge is 0.350 e. The van der Waals surface area contributed by atoms with Gasteiger partial charge in [0.05, 0.1) is 15.8 Å². The number of piperidine rings is 1. The van der Waals surface area contributed by atoms with Gasteiger partial charge in [-0.15, -0.1) is 11.3 Å². The lowest BCUT2D eigenvalue weighted by atomic mass is 10.0. The highest BCUT2D eigenvalue weighted by atomic mass is 35.5. The maximum atomic E-state index is 12.2. The van der Waals surface area contributed by atoms with Crippen molar-refractivity contribution >= 4 is 28.8 Å². The third kappa shape index (κ3) is 4.90. The average Bonchev–Trinajstić information content (AvgIpc) is 3.06. The molecule has 3 heterocycles. The number of likely N-dealkylation sites (tertiary alicyclic amines) is 1. The molecule has 1 saturated heterocycles. The van der Waals surface area contributed by atoms with Crippen molar-refractivity contribution in [1.82, 2.24) is 20.0 Å². The summed E-state index contributed by atoms with van der Waals surface area (Å²) in [5.74, 6) is -0.0802. The number of hydrogen-bond acceptors (Lipinski definition) is 5. The summed E-state index contributed by atoms with van der Waals surface area (Å²) in [6, 6.07) is 6.93. The molecule has 8 heteroatoms. The Morgan fingerprint density at radius 3 is 2.96 bits per heavy atom. The molecule has 1 fully saturated rings. The molecule has 2 aromatic heterocycles. The number of aromatic nitrogens is 2. The molecule has 6 nitrogen and oxygen atoms in total. The van der Waals surface area contributed by atoms with Gasteiger partial charge in [0.1, 0.15) is 0 Å². The van der Waals surface area contributed by atoms with Crippen LogP contribution in [-0.2, 0) is 6.54 Å². The summed E-state index contributed by atoms with van der Waals surface area (Å²) in [7, 11) is 0. The zero-order chi connectivity index (χ0) is 17.6. The Hall–Kier alpha value is -1.70. The number of carbonyl (C=O) groups excluding carboxylic acids is 1. The van der Waals surface area contributed by atoms with E-state index in [-0.39, 0.29) is 17.5 Å². The van der Waals surface area contributed by atoms with Crippen LogP contribution in [0.5, 0.6) is 0 Å². The van der Waals surface area contributed by atoms with Crippen LogP contribution in [0.4, 0.5) is 0 Å². The highest BCUT2D eigenvalue weighted by Crippen LogP contribution is 2.21.